The van der Waals surface area contributed by atoms with Crippen molar-refractivity contribution in [1.29, 1.82) is 0 Å². The van der Waals surface area contributed by atoms with Gasteiger partial charge in [0.15, 0.2) is 11.5 Å². The highest BCUT2D eigenvalue weighted by Crippen LogP contribution is 2.36. The zero-order valence-electron chi connectivity index (χ0n) is 18.0. The number of fused-ring (bicyclic) bond motifs is 1. The van der Waals surface area contributed by atoms with Crippen molar-refractivity contribution in [2.75, 3.05) is 56.2 Å². The lowest BCUT2D eigenvalue weighted by Crippen LogP contribution is -2.46. The average Bonchev–Trinajstić information content (AvgIpc) is 3.34. The Kier molecular flexibility index (Phi) is 5.51. The minimum absolute atomic E-state index is 0.111. The molecule has 0 atom stereocenters. The van der Waals surface area contributed by atoms with Gasteiger partial charge in [0.25, 0.3) is 0 Å². The lowest BCUT2D eigenvalue weighted by atomic mass is 10.1. The normalized spacial score (nSPS) is 17.5. The molecule has 0 spiro atoms. The third-order valence-corrected chi connectivity index (χ3v) is 6.27. The molecule has 2 aliphatic heterocycles. The monoisotopic (exact) mass is 419 g/mol. The predicted molar refractivity (Wildman–Crippen MR) is 123 cm³/mol. The van der Waals surface area contributed by atoms with Crippen molar-refractivity contribution in [2.24, 2.45) is 0 Å². The Morgan fingerprint density at radius 1 is 0.903 bits per heavy atom. The van der Waals surface area contributed by atoms with Gasteiger partial charge in [-0.05, 0) is 24.5 Å². The molecule has 3 aromatic rings. The maximum atomic E-state index is 10.3. The Hall–Kier alpha value is -3.06. The molecule has 1 aromatic heterocycles. The van der Waals surface area contributed by atoms with Crippen molar-refractivity contribution in [2.45, 2.75) is 19.4 Å². The number of anilines is 2. The number of phenols is 1. The maximum absolute atomic E-state index is 10.3. The summed E-state index contributed by atoms with van der Waals surface area (Å²) in [6.45, 7) is 6.71. The van der Waals surface area contributed by atoms with E-state index in [1.54, 1.807) is 13.2 Å². The van der Waals surface area contributed by atoms with Crippen LogP contribution < -0.4 is 14.5 Å². The zero-order chi connectivity index (χ0) is 21.2. The zero-order valence-corrected chi connectivity index (χ0v) is 18.0. The summed E-state index contributed by atoms with van der Waals surface area (Å²) >= 11 is 0. The molecule has 1 N–H and O–H groups in total. The molecule has 7 nitrogen and oxygen atoms in total. The van der Waals surface area contributed by atoms with Gasteiger partial charge in [0.1, 0.15) is 5.82 Å². The molecule has 162 valence electrons. The van der Waals surface area contributed by atoms with Crippen LogP contribution in [0, 0.1) is 0 Å². The van der Waals surface area contributed by atoms with Gasteiger partial charge in [-0.3, -0.25) is 4.90 Å². The number of piperazine rings is 1. The van der Waals surface area contributed by atoms with Gasteiger partial charge in [-0.15, -0.1) is 0 Å². The Bertz CT molecular complexity index is 1040. The molecular formula is C24H29N5O2. The quantitative estimate of drug-likeness (QED) is 0.681. The number of aromatic hydroxyl groups is 1. The van der Waals surface area contributed by atoms with E-state index >= 15 is 0 Å². The van der Waals surface area contributed by atoms with Crippen LogP contribution in [0.4, 0.5) is 11.8 Å². The largest absolute Gasteiger partial charge is 0.504 e. The highest BCUT2D eigenvalue weighted by Gasteiger charge is 2.24. The van der Waals surface area contributed by atoms with Crippen LogP contribution in [0.3, 0.4) is 0 Å². The van der Waals surface area contributed by atoms with Crippen LogP contribution in [0.1, 0.15) is 18.4 Å². The fourth-order valence-electron chi connectivity index (χ4n) is 4.54. The highest BCUT2D eigenvalue weighted by molar-refractivity contribution is 5.93. The first-order valence-electron chi connectivity index (χ1n) is 11.1. The second-order valence-electron chi connectivity index (χ2n) is 8.33. The molecule has 0 aliphatic carbocycles. The molecule has 0 saturated carbocycles. The van der Waals surface area contributed by atoms with E-state index < -0.39 is 0 Å². The van der Waals surface area contributed by atoms with Crippen molar-refractivity contribution in [3.63, 3.8) is 0 Å². The molecule has 0 unspecified atom stereocenters. The number of nitrogens with zero attached hydrogens (tertiary/aromatic N) is 5. The summed E-state index contributed by atoms with van der Waals surface area (Å²) in [5.41, 5.74) is 2.11. The van der Waals surface area contributed by atoms with Crippen molar-refractivity contribution < 1.29 is 9.84 Å². The van der Waals surface area contributed by atoms with E-state index in [0.717, 1.165) is 68.5 Å². The molecule has 2 aromatic carbocycles. The topological polar surface area (TPSA) is 65.0 Å². The maximum Gasteiger partial charge on any atom is 0.227 e. The average molecular weight is 420 g/mol. The minimum atomic E-state index is 0.111. The van der Waals surface area contributed by atoms with E-state index in [1.165, 1.54) is 18.4 Å². The molecule has 0 radical (unpaired) electrons. The number of rotatable bonds is 5. The first kappa shape index (κ1) is 19.9. The number of hydrogen-bond donors (Lipinski definition) is 1. The van der Waals surface area contributed by atoms with Crippen molar-refractivity contribution >= 4 is 22.7 Å². The smallest absolute Gasteiger partial charge is 0.227 e. The Morgan fingerprint density at radius 3 is 2.35 bits per heavy atom. The number of methoxy groups -OCH3 is 1. The molecule has 2 saturated heterocycles. The van der Waals surface area contributed by atoms with Crippen molar-refractivity contribution in [3.8, 4) is 11.5 Å². The molecular weight excluding hydrogens is 390 g/mol. The predicted octanol–water partition coefficient (Wildman–Crippen LogP) is 3.27. The van der Waals surface area contributed by atoms with Gasteiger partial charge >= 0.3 is 0 Å². The number of ether oxygens (including phenoxy) is 1. The number of hydrogen-bond acceptors (Lipinski definition) is 7. The Balaban J connectivity index is 1.43. The SMILES string of the molecule is COc1cc2c(N3CCN(Cc4ccccc4)CC3)nc(N3CCCC3)nc2cc1O. The van der Waals surface area contributed by atoms with Crippen LogP contribution in [0.25, 0.3) is 10.9 Å². The summed E-state index contributed by atoms with van der Waals surface area (Å²) < 4.78 is 5.37. The Labute approximate surface area is 182 Å². The van der Waals surface area contributed by atoms with E-state index in [0.29, 0.717) is 5.75 Å². The molecule has 2 fully saturated rings. The fraction of sp³-hybridized carbons (Fsp3) is 0.417. The highest BCUT2D eigenvalue weighted by atomic mass is 16.5. The van der Waals surface area contributed by atoms with E-state index in [-0.39, 0.29) is 5.75 Å². The second kappa shape index (κ2) is 8.59. The summed E-state index contributed by atoms with van der Waals surface area (Å²) in [5, 5.41) is 11.2. The van der Waals surface area contributed by atoms with Crippen LogP contribution in [0.15, 0.2) is 42.5 Å². The van der Waals surface area contributed by atoms with Crippen LogP contribution >= 0.6 is 0 Å². The van der Waals surface area contributed by atoms with E-state index in [1.807, 2.05) is 6.07 Å². The third kappa shape index (κ3) is 4.10. The standard InChI is InChI=1S/C24H29N5O2/c1-31-22-15-19-20(16-21(22)30)25-24(29-9-5-6-10-29)26-23(19)28-13-11-27(12-14-28)17-18-7-3-2-4-8-18/h2-4,7-8,15-16,30H,5-6,9-14,17H2,1H3. The van der Waals surface area contributed by atoms with E-state index in [4.69, 9.17) is 14.7 Å². The van der Waals surface area contributed by atoms with Gasteiger partial charge in [-0.2, -0.15) is 4.98 Å². The minimum Gasteiger partial charge on any atom is -0.504 e. The molecule has 5 rings (SSSR count). The van der Waals surface area contributed by atoms with E-state index in [2.05, 4.69) is 45.0 Å². The summed E-state index contributed by atoms with van der Waals surface area (Å²) in [7, 11) is 1.57. The lowest BCUT2D eigenvalue weighted by Gasteiger charge is -2.36. The van der Waals surface area contributed by atoms with Gasteiger partial charge in [-0.25, -0.2) is 4.98 Å². The number of aromatic nitrogens is 2. The van der Waals surface area contributed by atoms with Gasteiger partial charge in [0, 0.05) is 57.3 Å². The van der Waals surface area contributed by atoms with Crippen LogP contribution in [0.2, 0.25) is 0 Å². The van der Waals surface area contributed by atoms with Crippen molar-refractivity contribution in [3.05, 3.63) is 48.0 Å². The Morgan fingerprint density at radius 2 is 1.65 bits per heavy atom. The lowest BCUT2D eigenvalue weighted by molar-refractivity contribution is 0.249. The molecule has 0 bridgehead atoms. The van der Waals surface area contributed by atoms with Gasteiger partial charge in [-0.1, -0.05) is 30.3 Å². The van der Waals surface area contributed by atoms with Gasteiger partial charge in [0.2, 0.25) is 5.95 Å². The van der Waals surface area contributed by atoms with Gasteiger partial charge < -0.3 is 19.6 Å². The summed E-state index contributed by atoms with van der Waals surface area (Å²) in [5.74, 6) is 2.26. The van der Waals surface area contributed by atoms with E-state index in [9.17, 15) is 5.11 Å². The first-order valence-corrected chi connectivity index (χ1v) is 11.1. The van der Waals surface area contributed by atoms with Crippen LogP contribution in [0.5, 0.6) is 11.5 Å². The summed E-state index contributed by atoms with van der Waals surface area (Å²) in [4.78, 5) is 16.9. The number of benzene rings is 2. The molecule has 31 heavy (non-hydrogen) atoms. The molecule has 0 amide bonds. The fourth-order valence-corrected chi connectivity index (χ4v) is 4.54. The molecule has 3 heterocycles. The molecule has 2 aliphatic rings. The summed E-state index contributed by atoms with van der Waals surface area (Å²) in [6.07, 6.45) is 2.34. The van der Waals surface area contributed by atoms with Crippen LogP contribution in [-0.2, 0) is 6.54 Å². The van der Waals surface area contributed by atoms with Crippen molar-refractivity contribution in [1.82, 2.24) is 14.9 Å². The first-order chi connectivity index (χ1) is 15.2. The third-order valence-electron chi connectivity index (χ3n) is 6.27. The number of phenolic OH excluding ortho intramolecular Hbond substituents is 1. The van der Waals surface area contributed by atoms with Crippen LogP contribution in [-0.4, -0.2) is 66.4 Å². The van der Waals surface area contributed by atoms with Gasteiger partial charge in [0.05, 0.1) is 12.6 Å². The summed E-state index contributed by atoms with van der Waals surface area (Å²) in [6, 6.07) is 14.2. The molecule has 7 heteroatoms. The second-order valence-corrected chi connectivity index (χ2v) is 8.33.